The van der Waals surface area contributed by atoms with Gasteiger partial charge < -0.3 is 15.2 Å². The van der Waals surface area contributed by atoms with Gasteiger partial charge in [0.15, 0.2) is 0 Å². The molecule has 4 atom stereocenters. The smallest absolute Gasteiger partial charge is 0.0754 e. The minimum absolute atomic E-state index is 0.167. The number of rotatable bonds is 2. The van der Waals surface area contributed by atoms with E-state index in [1.54, 1.807) is 0 Å². The predicted octanol–water partition coefficient (Wildman–Crippen LogP) is 2.87. The second kappa shape index (κ2) is 5.71. The lowest BCUT2D eigenvalue weighted by Gasteiger charge is -2.46. The van der Waals surface area contributed by atoms with Gasteiger partial charge in [-0.1, -0.05) is 26.2 Å². The highest BCUT2D eigenvalue weighted by atomic mass is 16.5. The minimum atomic E-state index is 0.167. The van der Waals surface area contributed by atoms with E-state index in [0.717, 1.165) is 19.6 Å². The fourth-order valence-electron chi connectivity index (χ4n) is 4.42. The zero-order chi connectivity index (χ0) is 13.3. The molecule has 3 rings (SSSR count). The first-order chi connectivity index (χ1) is 9.20. The topological polar surface area (TPSA) is 44.5 Å². The van der Waals surface area contributed by atoms with Gasteiger partial charge in [-0.15, -0.1) is 0 Å². The summed E-state index contributed by atoms with van der Waals surface area (Å²) >= 11 is 0. The molecule has 0 radical (unpaired) electrons. The van der Waals surface area contributed by atoms with Gasteiger partial charge in [0.2, 0.25) is 0 Å². The number of hydrogen-bond acceptors (Lipinski definition) is 3. The molecule has 1 spiro atoms. The summed E-state index contributed by atoms with van der Waals surface area (Å²) in [7, 11) is 0. The third kappa shape index (κ3) is 2.84. The van der Waals surface area contributed by atoms with Gasteiger partial charge in [0.05, 0.1) is 11.7 Å². The Morgan fingerprint density at radius 3 is 2.58 bits per heavy atom. The van der Waals surface area contributed by atoms with Crippen LogP contribution in [0, 0.1) is 11.8 Å². The molecule has 1 saturated carbocycles. The second-order valence-electron chi connectivity index (χ2n) is 7.02. The van der Waals surface area contributed by atoms with Crippen molar-refractivity contribution in [2.45, 2.75) is 76.0 Å². The first-order valence-corrected chi connectivity index (χ1v) is 8.21. The molecule has 2 N–H and O–H groups in total. The summed E-state index contributed by atoms with van der Waals surface area (Å²) in [4.78, 5) is 0. The van der Waals surface area contributed by atoms with Gasteiger partial charge in [-0.2, -0.15) is 0 Å². The molecule has 110 valence electrons. The lowest BCUT2D eigenvalue weighted by molar-refractivity contribution is -0.126. The van der Waals surface area contributed by atoms with Crippen LogP contribution in [0.4, 0.5) is 0 Å². The monoisotopic (exact) mass is 267 g/mol. The molecule has 3 nitrogen and oxygen atoms in total. The van der Waals surface area contributed by atoms with Crippen molar-refractivity contribution < 1.29 is 9.47 Å². The van der Waals surface area contributed by atoms with Crippen LogP contribution in [0.15, 0.2) is 0 Å². The molecule has 0 aromatic carbocycles. The van der Waals surface area contributed by atoms with E-state index in [-0.39, 0.29) is 17.7 Å². The van der Waals surface area contributed by atoms with Gasteiger partial charge in [-0.3, -0.25) is 0 Å². The van der Waals surface area contributed by atoms with E-state index in [9.17, 15) is 0 Å². The lowest BCUT2D eigenvalue weighted by atomic mass is 9.72. The van der Waals surface area contributed by atoms with Gasteiger partial charge in [0.25, 0.3) is 0 Å². The van der Waals surface area contributed by atoms with E-state index in [0.29, 0.717) is 11.8 Å². The molecule has 0 aromatic heterocycles. The van der Waals surface area contributed by atoms with Crippen molar-refractivity contribution >= 4 is 0 Å². The molecule has 19 heavy (non-hydrogen) atoms. The van der Waals surface area contributed by atoms with Crippen molar-refractivity contribution in [2.24, 2.45) is 17.6 Å². The molecule has 0 aromatic rings. The molecular weight excluding hydrogens is 238 g/mol. The van der Waals surface area contributed by atoms with E-state index < -0.39 is 0 Å². The Hall–Kier alpha value is -0.120. The van der Waals surface area contributed by atoms with Crippen LogP contribution < -0.4 is 5.73 Å². The van der Waals surface area contributed by atoms with Crippen LogP contribution in [0.3, 0.4) is 0 Å². The van der Waals surface area contributed by atoms with Crippen LogP contribution >= 0.6 is 0 Å². The van der Waals surface area contributed by atoms with Gasteiger partial charge in [-0.25, -0.2) is 0 Å². The average Bonchev–Trinajstić information content (AvgIpc) is 2.85. The maximum absolute atomic E-state index is 6.55. The standard InChI is InChI=1S/C16H29NO2/c1-12-5-9-18-15(12)14(17)13-6-10-19-16(11-13)7-3-2-4-8-16/h12-15H,2-11,17H2,1H3. The van der Waals surface area contributed by atoms with Crippen LogP contribution in [0.1, 0.15) is 58.3 Å². The zero-order valence-electron chi connectivity index (χ0n) is 12.3. The summed E-state index contributed by atoms with van der Waals surface area (Å²) < 4.78 is 12.1. The van der Waals surface area contributed by atoms with Crippen LogP contribution in [-0.4, -0.2) is 31.0 Å². The number of hydrogen-bond donors (Lipinski definition) is 1. The highest BCUT2D eigenvalue weighted by Gasteiger charge is 2.43. The lowest BCUT2D eigenvalue weighted by Crippen LogP contribution is -2.51. The van der Waals surface area contributed by atoms with Gasteiger partial charge in [-0.05, 0) is 43.9 Å². The molecule has 3 fully saturated rings. The van der Waals surface area contributed by atoms with Crippen molar-refractivity contribution in [3.63, 3.8) is 0 Å². The van der Waals surface area contributed by atoms with Crippen LogP contribution in [-0.2, 0) is 9.47 Å². The zero-order valence-corrected chi connectivity index (χ0v) is 12.3. The third-order valence-corrected chi connectivity index (χ3v) is 5.66. The fraction of sp³-hybridized carbons (Fsp3) is 1.00. The molecule has 0 bridgehead atoms. The molecule has 2 heterocycles. The summed E-state index contributed by atoms with van der Waals surface area (Å²) in [5, 5.41) is 0. The summed E-state index contributed by atoms with van der Waals surface area (Å²) in [6.07, 6.45) is 10.3. The van der Waals surface area contributed by atoms with Crippen molar-refractivity contribution in [3.05, 3.63) is 0 Å². The molecule has 3 aliphatic rings. The van der Waals surface area contributed by atoms with Gasteiger partial charge in [0, 0.05) is 19.3 Å². The summed E-state index contributed by atoms with van der Waals surface area (Å²) in [6.45, 7) is 4.08. The third-order valence-electron chi connectivity index (χ3n) is 5.66. The van der Waals surface area contributed by atoms with Crippen LogP contribution in [0.5, 0.6) is 0 Å². The first-order valence-electron chi connectivity index (χ1n) is 8.21. The summed E-state index contributed by atoms with van der Waals surface area (Å²) in [5.41, 5.74) is 6.72. The predicted molar refractivity (Wildman–Crippen MR) is 76.0 cm³/mol. The largest absolute Gasteiger partial charge is 0.376 e. The Bertz CT molecular complexity index is 296. The SMILES string of the molecule is CC1CCOC1C(N)C1CCOC2(CCCCC2)C1. The Morgan fingerprint density at radius 1 is 1.11 bits per heavy atom. The van der Waals surface area contributed by atoms with Gasteiger partial charge >= 0.3 is 0 Å². The Morgan fingerprint density at radius 2 is 1.89 bits per heavy atom. The quantitative estimate of drug-likeness (QED) is 0.836. The normalized spacial score (nSPS) is 40.4. The Kier molecular flexibility index (Phi) is 4.16. The summed E-state index contributed by atoms with van der Waals surface area (Å²) in [6, 6.07) is 0.209. The first kappa shape index (κ1) is 13.8. The van der Waals surface area contributed by atoms with E-state index in [1.807, 2.05) is 0 Å². The van der Waals surface area contributed by atoms with Crippen molar-refractivity contribution in [2.75, 3.05) is 13.2 Å². The van der Waals surface area contributed by atoms with E-state index in [1.165, 1.54) is 44.9 Å². The molecule has 2 aliphatic heterocycles. The van der Waals surface area contributed by atoms with Crippen molar-refractivity contribution in [3.8, 4) is 0 Å². The Balaban J connectivity index is 1.64. The maximum Gasteiger partial charge on any atom is 0.0754 e. The van der Waals surface area contributed by atoms with Crippen LogP contribution in [0.25, 0.3) is 0 Å². The van der Waals surface area contributed by atoms with Crippen molar-refractivity contribution in [1.29, 1.82) is 0 Å². The number of nitrogens with two attached hydrogens (primary N) is 1. The maximum atomic E-state index is 6.55. The van der Waals surface area contributed by atoms with E-state index >= 15 is 0 Å². The minimum Gasteiger partial charge on any atom is -0.376 e. The molecule has 1 aliphatic carbocycles. The second-order valence-corrected chi connectivity index (χ2v) is 7.02. The van der Waals surface area contributed by atoms with E-state index in [2.05, 4.69) is 6.92 Å². The van der Waals surface area contributed by atoms with Crippen molar-refractivity contribution in [1.82, 2.24) is 0 Å². The fourth-order valence-corrected chi connectivity index (χ4v) is 4.42. The highest BCUT2D eigenvalue weighted by Crippen LogP contribution is 2.42. The van der Waals surface area contributed by atoms with Crippen LogP contribution in [0.2, 0.25) is 0 Å². The molecule has 0 amide bonds. The van der Waals surface area contributed by atoms with E-state index in [4.69, 9.17) is 15.2 Å². The molecule has 2 saturated heterocycles. The highest BCUT2D eigenvalue weighted by molar-refractivity contribution is 4.95. The summed E-state index contributed by atoms with van der Waals surface area (Å²) in [5.74, 6) is 1.22. The number of ether oxygens (including phenoxy) is 2. The molecule has 3 heteroatoms. The van der Waals surface area contributed by atoms with Gasteiger partial charge in [0.1, 0.15) is 0 Å². The molecular formula is C16H29NO2. The average molecular weight is 267 g/mol. The Labute approximate surface area is 117 Å². The molecule has 4 unspecified atom stereocenters.